The number of para-hydroxylation sites is 1. The van der Waals surface area contributed by atoms with Crippen molar-refractivity contribution in [3.8, 4) is 27.9 Å². The second-order valence-electron chi connectivity index (χ2n) is 14.5. The van der Waals surface area contributed by atoms with Crippen LogP contribution >= 0.6 is 0 Å². The molecular formula is C46H48N2OSi. The quantitative estimate of drug-likeness (QED) is 0.138. The molecule has 252 valence electrons. The van der Waals surface area contributed by atoms with Crippen molar-refractivity contribution in [3.63, 3.8) is 0 Å². The Morgan fingerprint density at radius 3 is 1.60 bits per heavy atom. The van der Waals surface area contributed by atoms with Crippen LogP contribution in [0.3, 0.4) is 0 Å². The number of nitrogens with one attached hydrogen (secondary N) is 1. The molecule has 7 aromatic rings. The normalized spacial score (nSPS) is 12.1. The lowest BCUT2D eigenvalue weighted by molar-refractivity contribution is 0.266. The van der Waals surface area contributed by atoms with E-state index in [0.29, 0.717) is 23.2 Å². The van der Waals surface area contributed by atoms with Gasteiger partial charge in [-0.15, -0.1) is 0 Å². The van der Waals surface area contributed by atoms with E-state index in [4.69, 9.17) is 4.43 Å². The predicted octanol–water partition coefficient (Wildman–Crippen LogP) is 13.6. The SMILES string of the molecule is CC(C)[Si](OCc1ccc(-n2c3ccccc3c3cc(-c4ccc(Nc5ccc(-c6ccccc6)cc5)cc4)ccc32)cc1)(C(C)C)C(C)C. The number of hydrogen-bond acceptors (Lipinski definition) is 2. The Labute approximate surface area is 298 Å². The Hall–Kier alpha value is -4.90. The van der Waals surface area contributed by atoms with Crippen molar-refractivity contribution in [1.29, 1.82) is 0 Å². The predicted molar refractivity (Wildman–Crippen MR) is 217 cm³/mol. The fourth-order valence-electron chi connectivity index (χ4n) is 8.17. The van der Waals surface area contributed by atoms with Gasteiger partial charge in [-0.1, -0.05) is 133 Å². The van der Waals surface area contributed by atoms with Crippen LogP contribution < -0.4 is 5.32 Å². The molecule has 1 heterocycles. The van der Waals surface area contributed by atoms with Crippen LogP contribution in [0.2, 0.25) is 16.6 Å². The van der Waals surface area contributed by atoms with E-state index >= 15 is 0 Å². The summed E-state index contributed by atoms with van der Waals surface area (Å²) < 4.78 is 9.30. The van der Waals surface area contributed by atoms with Crippen molar-refractivity contribution < 1.29 is 4.43 Å². The summed E-state index contributed by atoms with van der Waals surface area (Å²) in [5.74, 6) is 0. The Balaban J connectivity index is 1.12. The van der Waals surface area contributed by atoms with Gasteiger partial charge in [0.1, 0.15) is 0 Å². The first-order valence-electron chi connectivity index (χ1n) is 18.0. The van der Waals surface area contributed by atoms with Crippen molar-refractivity contribution in [2.75, 3.05) is 5.32 Å². The van der Waals surface area contributed by atoms with Crippen LogP contribution in [0, 0.1) is 0 Å². The standard InChI is InChI=1S/C46H48N2OSi/c1-32(2)50(33(3)4,34(5)6)49-31-35-16-27-42(28-17-35)48-45-15-11-10-14-43(45)44-30-39(22-29-46(44)48)38-20-25-41(26-21-38)47-40-23-18-37(19-24-40)36-12-8-7-9-13-36/h7-30,32-34,47H,31H2,1-6H3. The van der Waals surface area contributed by atoms with Gasteiger partial charge in [-0.05, 0) is 99.0 Å². The fraction of sp³-hybridized carbons (Fsp3) is 0.217. The summed E-state index contributed by atoms with van der Waals surface area (Å²) >= 11 is 0. The third-order valence-electron chi connectivity index (χ3n) is 10.6. The van der Waals surface area contributed by atoms with Crippen molar-refractivity contribution in [2.24, 2.45) is 0 Å². The molecule has 0 aliphatic rings. The number of anilines is 2. The Morgan fingerprint density at radius 2 is 1.00 bits per heavy atom. The summed E-state index contributed by atoms with van der Waals surface area (Å²) in [6.45, 7) is 14.8. The molecule has 0 saturated carbocycles. The van der Waals surface area contributed by atoms with Crippen molar-refractivity contribution in [1.82, 2.24) is 4.57 Å². The lowest BCUT2D eigenvalue weighted by Gasteiger charge is -2.42. The summed E-state index contributed by atoms with van der Waals surface area (Å²) in [5, 5.41) is 6.08. The second-order valence-corrected chi connectivity index (χ2v) is 20.0. The maximum absolute atomic E-state index is 6.91. The number of aromatic nitrogens is 1. The third-order valence-corrected chi connectivity index (χ3v) is 16.6. The highest BCUT2D eigenvalue weighted by Crippen LogP contribution is 2.43. The minimum atomic E-state index is -1.93. The lowest BCUT2D eigenvalue weighted by atomic mass is 10.0. The molecule has 0 fully saturated rings. The largest absolute Gasteiger partial charge is 0.412 e. The number of nitrogens with zero attached hydrogens (tertiary/aromatic N) is 1. The first-order chi connectivity index (χ1) is 24.2. The molecular weight excluding hydrogens is 625 g/mol. The van der Waals surface area contributed by atoms with E-state index in [1.165, 1.54) is 55.3 Å². The van der Waals surface area contributed by atoms with Gasteiger partial charge in [0.25, 0.3) is 0 Å². The summed E-state index contributed by atoms with van der Waals surface area (Å²) in [5.41, 5.74) is 13.5. The molecule has 0 spiro atoms. The molecule has 0 unspecified atom stereocenters. The van der Waals surface area contributed by atoms with Gasteiger partial charge in [0, 0.05) is 27.8 Å². The molecule has 3 nitrogen and oxygen atoms in total. The van der Waals surface area contributed by atoms with Gasteiger partial charge in [-0.2, -0.15) is 0 Å². The molecule has 6 aromatic carbocycles. The number of fused-ring (bicyclic) bond motifs is 3. The van der Waals surface area contributed by atoms with Crippen molar-refractivity contribution >= 4 is 41.5 Å². The van der Waals surface area contributed by atoms with E-state index in [-0.39, 0.29) is 0 Å². The van der Waals surface area contributed by atoms with E-state index in [2.05, 4.69) is 191 Å². The number of hydrogen-bond donors (Lipinski definition) is 1. The first kappa shape index (κ1) is 33.6. The van der Waals surface area contributed by atoms with Gasteiger partial charge >= 0.3 is 0 Å². The average Bonchev–Trinajstić information content (AvgIpc) is 3.46. The molecule has 0 radical (unpaired) electrons. The van der Waals surface area contributed by atoms with Crippen molar-refractivity contribution in [3.05, 3.63) is 151 Å². The van der Waals surface area contributed by atoms with E-state index in [0.717, 1.165) is 11.4 Å². The molecule has 1 N–H and O–H groups in total. The van der Waals surface area contributed by atoms with Crippen LogP contribution in [0.5, 0.6) is 0 Å². The molecule has 4 heteroatoms. The Kier molecular flexibility index (Phi) is 9.50. The minimum Gasteiger partial charge on any atom is -0.412 e. The topological polar surface area (TPSA) is 26.2 Å². The number of rotatable bonds is 11. The van der Waals surface area contributed by atoms with Gasteiger partial charge in [-0.3, -0.25) is 0 Å². The smallest absolute Gasteiger partial charge is 0.200 e. The van der Waals surface area contributed by atoms with E-state index in [9.17, 15) is 0 Å². The highest BCUT2D eigenvalue weighted by atomic mass is 28.4. The Bertz CT molecular complexity index is 2180. The van der Waals surface area contributed by atoms with Gasteiger partial charge in [0.2, 0.25) is 8.32 Å². The molecule has 0 saturated heterocycles. The van der Waals surface area contributed by atoms with Crippen LogP contribution in [0.1, 0.15) is 47.1 Å². The van der Waals surface area contributed by atoms with Crippen LogP contribution in [0.15, 0.2) is 146 Å². The molecule has 0 amide bonds. The molecule has 0 atom stereocenters. The van der Waals surface area contributed by atoms with E-state index in [1.54, 1.807) is 0 Å². The van der Waals surface area contributed by atoms with E-state index < -0.39 is 8.32 Å². The molecule has 50 heavy (non-hydrogen) atoms. The summed E-state index contributed by atoms with van der Waals surface area (Å²) in [4.78, 5) is 0. The van der Waals surface area contributed by atoms with Crippen LogP contribution in [0.25, 0.3) is 49.7 Å². The van der Waals surface area contributed by atoms with Gasteiger partial charge in [-0.25, -0.2) is 0 Å². The van der Waals surface area contributed by atoms with Gasteiger partial charge in [0.05, 0.1) is 17.6 Å². The average molecular weight is 673 g/mol. The van der Waals surface area contributed by atoms with Crippen molar-refractivity contribution in [2.45, 2.75) is 64.8 Å². The van der Waals surface area contributed by atoms with Gasteiger partial charge in [0.15, 0.2) is 0 Å². The fourth-order valence-corrected chi connectivity index (χ4v) is 13.6. The zero-order valence-corrected chi connectivity index (χ0v) is 31.2. The highest BCUT2D eigenvalue weighted by Gasteiger charge is 2.44. The zero-order valence-electron chi connectivity index (χ0n) is 30.2. The second kappa shape index (κ2) is 14.1. The minimum absolute atomic E-state index is 0.572. The Morgan fingerprint density at radius 1 is 0.500 bits per heavy atom. The van der Waals surface area contributed by atoms with Crippen LogP contribution in [-0.4, -0.2) is 12.9 Å². The molecule has 1 aromatic heterocycles. The monoisotopic (exact) mass is 672 g/mol. The summed E-state index contributed by atoms with van der Waals surface area (Å²) in [6, 6.07) is 52.4. The lowest BCUT2D eigenvalue weighted by Crippen LogP contribution is -2.47. The maximum Gasteiger partial charge on any atom is 0.200 e. The third kappa shape index (κ3) is 6.42. The summed E-state index contributed by atoms with van der Waals surface area (Å²) in [6.07, 6.45) is 0. The molecule has 7 rings (SSSR count). The summed E-state index contributed by atoms with van der Waals surface area (Å²) in [7, 11) is -1.93. The van der Waals surface area contributed by atoms with Gasteiger partial charge < -0.3 is 14.3 Å². The van der Waals surface area contributed by atoms with Crippen LogP contribution in [-0.2, 0) is 11.0 Å². The van der Waals surface area contributed by atoms with Crippen LogP contribution in [0.4, 0.5) is 11.4 Å². The molecule has 0 aliphatic carbocycles. The maximum atomic E-state index is 6.91. The molecule has 0 bridgehead atoms. The first-order valence-corrected chi connectivity index (χ1v) is 20.2. The molecule has 0 aliphatic heterocycles. The van der Waals surface area contributed by atoms with E-state index in [1.807, 2.05) is 6.07 Å². The zero-order chi connectivity index (χ0) is 34.8. The number of benzene rings is 6. The highest BCUT2D eigenvalue weighted by molar-refractivity contribution is 6.77.